The number of aromatic nitrogens is 3. The van der Waals surface area contributed by atoms with Crippen molar-refractivity contribution in [1.29, 1.82) is 0 Å². The first-order valence-electron chi connectivity index (χ1n) is 9.78. The van der Waals surface area contributed by atoms with Gasteiger partial charge in [-0.3, -0.25) is 0 Å². The van der Waals surface area contributed by atoms with Crippen LogP contribution in [0.2, 0.25) is 5.02 Å². The van der Waals surface area contributed by atoms with Gasteiger partial charge in [0.1, 0.15) is 5.75 Å². The highest BCUT2D eigenvalue weighted by atomic mass is 35.5. The van der Waals surface area contributed by atoms with Gasteiger partial charge in [0.25, 0.3) is 0 Å². The Morgan fingerprint density at radius 3 is 2.70 bits per heavy atom. The molecule has 0 aliphatic heterocycles. The summed E-state index contributed by atoms with van der Waals surface area (Å²) in [5, 5.41) is 5.40. The molecule has 4 nitrogen and oxygen atoms in total. The van der Waals surface area contributed by atoms with Crippen LogP contribution in [0.5, 0.6) is 5.75 Å². The maximum atomic E-state index is 6.52. The van der Waals surface area contributed by atoms with Crippen molar-refractivity contribution in [1.82, 2.24) is 14.6 Å². The molecule has 1 saturated carbocycles. The average Bonchev–Trinajstić information content (AvgIpc) is 3.38. The maximum Gasteiger partial charge on any atom is 0.155 e. The molecule has 5 heteroatoms. The van der Waals surface area contributed by atoms with Crippen LogP contribution >= 0.6 is 11.6 Å². The molecule has 1 atom stereocenters. The molecule has 1 aromatic carbocycles. The lowest BCUT2D eigenvalue weighted by atomic mass is 10.00. The van der Waals surface area contributed by atoms with E-state index in [0.717, 1.165) is 34.8 Å². The van der Waals surface area contributed by atoms with Gasteiger partial charge in [-0.25, -0.2) is 9.50 Å². The normalized spacial score (nSPS) is 15.4. The van der Waals surface area contributed by atoms with Crippen LogP contribution in [0.15, 0.2) is 36.5 Å². The van der Waals surface area contributed by atoms with Gasteiger partial charge in [0.05, 0.1) is 23.0 Å². The lowest BCUT2D eigenvalue weighted by Gasteiger charge is -2.16. The third-order valence-electron chi connectivity index (χ3n) is 5.00. The minimum Gasteiger partial charge on any atom is -0.492 e. The van der Waals surface area contributed by atoms with Crippen LogP contribution in [0.25, 0.3) is 16.9 Å². The fraction of sp³-hybridized carbons (Fsp3) is 0.455. The van der Waals surface area contributed by atoms with Crippen LogP contribution < -0.4 is 4.74 Å². The lowest BCUT2D eigenvalue weighted by Crippen LogP contribution is -2.11. The highest BCUT2D eigenvalue weighted by molar-refractivity contribution is 6.32. The van der Waals surface area contributed by atoms with Gasteiger partial charge in [-0.05, 0) is 55.4 Å². The Kier molecular flexibility index (Phi) is 5.09. The third-order valence-corrected chi connectivity index (χ3v) is 5.29. The number of hydrogen-bond acceptors (Lipinski definition) is 3. The van der Waals surface area contributed by atoms with Crippen molar-refractivity contribution in [3.8, 4) is 17.0 Å². The minimum absolute atomic E-state index is 0.505. The molecule has 0 saturated heterocycles. The van der Waals surface area contributed by atoms with E-state index in [1.807, 2.05) is 35.0 Å². The van der Waals surface area contributed by atoms with E-state index >= 15 is 0 Å². The molecule has 0 N–H and O–H groups in total. The van der Waals surface area contributed by atoms with Crippen molar-refractivity contribution in [3.63, 3.8) is 0 Å². The van der Waals surface area contributed by atoms with Gasteiger partial charge < -0.3 is 4.74 Å². The van der Waals surface area contributed by atoms with Crippen LogP contribution in [0, 0.1) is 11.8 Å². The third kappa shape index (κ3) is 4.11. The largest absolute Gasteiger partial charge is 0.492 e. The summed E-state index contributed by atoms with van der Waals surface area (Å²) in [6.45, 7) is 7.36. The quantitative estimate of drug-likeness (QED) is 0.503. The Bertz CT molecular complexity index is 946. The molecule has 1 fully saturated rings. The second-order valence-corrected chi connectivity index (χ2v) is 8.54. The van der Waals surface area contributed by atoms with Crippen LogP contribution in [-0.4, -0.2) is 21.2 Å². The number of rotatable bonds is 7. The zero-order valence-corrected chi connectivity index (χ0v) is 16.9. The number of halogens is 1. The fourth-order valence-electron chi connectivity index (χ4n) is 3.59. The van der Waals surface area contributed by atoms with Crippen molar-refractivity contribution >= 4 is 17.2 Å². The monoisotopic (exact) mass is 383 g/mol. The molecule has 1 aliphatic carbocycles. The Hall–Kier alpha value is -2.07. The van der Waals surface area contributed by atoms with E-state index in [4.69, 9.17) is 21.4 Å². The summed E-state index contributed by atoms with van der Waals surface area (Å²) in [6, 6.07) is 10.0. The van der Waals surface area contributed by atoms with Gasteiger partial charge in [-0.1, -0.05) is 32.4 Å². The predicted molar refractivity (Wildman–Crippen MR) is 110 cm³/mol. The number of hydrogen-bond donors (Lipinski definition) is 0. The Balaban J connectivity index is 1.56. The fourth-order valence-corrected chi connectivity index (χ4v) is 3.83. The first kappa shape index (κ1) is 18.3. The SMILES string of the molecule is CC(C)CC(C)COc1ccc(-c2ccnc3cc(C4CC4)nn23)cc1Cl. The van der Waals surface area contributed by atoms with Crippen molar-refractivity contribution in [3.05, 3.63) is 47.2 Å². The van der Waals surface area contributed by atoms with Gasteiger partial charge in [0, 0.05) is 23.7 Å². The molecule has 0 amide bonds. The van der Waals surface area contributed by atoms with Crippen LogP contribution in [-0.2, 0) is 0 Å². The van der Waals surface area contributed by atoms with E-state index in [9.17, 15) is 0 Å². The molecule has 1 unspecified atom stereocenters. The first-order valence-corrected chi connectivity index (χ1v) is 10.2. The van der Waals surface area contributed by atoms with Crippen molar-refractivity contribution in [2.45, 2.75) is 46.0 Å². The second-order valence-electron chi connectivity index (χ2n) is 8.13. The molecule has 0 bridgehead atoms. The summed E-state index contributed by atoms with van der Waals surface area (Å²) in [7, 11) is 0. The van der Waals surface area contributed by atoms with E-state index in [0.29, 0.717) is 29.4 Å². The summed E-state index contributed by atoms with van der Waals surface area (Å²) in [4.78, 5) is 4.45. The summed E-state index contributed by atoms with van der Waals surface area (Å²) in [5.41, 5.74) is 4.03. The molecule has 142 valence electrons. The van der Waals surface area contributed by atoms with E-state index < -0.39 is 0 Å². The van der Waals surface area contributed by atoms with Crippen molar-refractivity contribution in [2.75, 3.05) is 6.61 Å². The summed E-state index contributed by atoms with van der Waals surface area (Å²) < 4.78 is 7.88. The van der Waals surface area contributed by atoms with Gasteiger partial charge >= 0.3 is 0 Å². The van der Waals surface area contributed by atoms with Gasteiger partial charge in [0.15, 0.2) is 5.65 Å². The highest BCUT2D eigenvalue weighted by Crippen LogP contribution is 2.40. The molecule has 0 radical (unpaired) electrons. The molecule has 27 heavy (non-hydrogen) atoms. The van der Waals surface area contributed by atoms with Gasteiger partial charge in [0.2, 0.25) is 0 Å². The molecular formula is C22H26ClN3O. The van der Waals surface area contributed by atoms with E-state index in [-0.39, 0.29) is 0 Å². The zero-order valence-electron chi connectivity index (χ0n) is 16.2. The van der Waals surface area contributed by atoms with E-state index in [1.54, 1.807) is 0 Å². The molecule has 2 heterocycles. The number of fused-ring (bicyclic) bond motifs is 1. The Labute approximate surface area is 165 Å². The molecule has 4 rings (SSSR count). The lowest BCUT2D eigenvalue weighted by molar-refractivity contribution is 0.239. The van der Waals surface area contributed by atoms with Crippen LogP contribution in [0.1, 0.15) is 51.6 Å². The first-order chi connectivity index (χ1) is 13.0. The smallest absolute Gasteiger partial charge is 0.155 e. The molecule has 1 aliphatic rings. The maximum absolute atomic E-state index is 6.52. The van der Waals surface area contributed by atoms with E-state index in [2.05, 4.69) is 31.8 Å². The minimum atomic E-state index is 0.505. The summed E-state index contributed by atoms with van der Waals surface area (Å²) in [5.74, 6) is 2.52. The highest BCUT2D eigenvalue weighted by Gasteiger charge is 2.27. The Morgan fingerprint density at radius 1 is 1.19 bits per heavy atom. The molecular weight excluding hydrogens is 358 g/mol. The topological polar surface area (TPSA) is 39.4 Å². The summed E-state index contributed by atoms with van der Waals surface area (Å²) >= 11 is 6.52. The van der Waals surface area contributed by atoms with E-state index in [1.165, 1.54) is 12.8 Å². The van der Waals surface area contributed by atoms with Crippen molar-refractivity contribution in [2.24, 2.45) is 11.8 Å². The van der Waals surface area contributed by atoms with Crippen LogP contribution in [0.3, 0.4) is 0 Å². The van der Waals surface area contributed by atoms with Crippen molar-refractivity contribution < 1.29 is 4.74 Å². The average molecular weight is 384 g/mol. The number of benzene rings is 1. The molecule has 2 aromatic heterocycles. The standard InChI is InChI=1S/C22H26ClN3O/c1-14(2)10-15(3)13-27-21-7-6-17(11-18(21)23)20-8-9-24-22-12-19(16-4-5-16)25-26(20)22/h6-9,11-12,14-16H,4-5,10,13H2,1-3H3. The van der Waals surface area contributed by atoms with Gasteiger partial charge in [-0.15, -0.1) is 0 Å². The zero-order chi connectivity index (χ0) is 19.0. The van der Waals surface area contributed by atoms with Crippen LogP contribution in [0.4, 0.5) is 0 Å². The van der Waals surface area contributed by atoms with Gasteiger partial charge in [-0.2, -0.15) is 5.10 Å². The Morgan fingerprint density at radius 2 is 2.00 bits per heavy atom. The molecule has 3 aromatic rings. The molecule has 0 spiro atoms. The predicted octanol–water partition coefficient (Wildman–Crippen LogP) is 5.99. The summed E-state index contributed by atoms with van der Waals surface area (Å²) in [6.07, 6.45) is 5.43. The second kappa shape index (κ2) is 7.51. The number of ether oxygens (including phenoxy) is 1. The number of nitrogens with zero attached hydrogens (tertiary/aromatic N) is 3.